The van der Waals surface area contributed by atoms with Gasteiger partial charge in [0, 0.05) is 16.2 Å². The van der Waals surface area contributed by atoms with Crippen molar-refractivity contribution in [3.05, 3.63) is 22.3 Å². The number of hydrogen-bond donors (Lipinski definition) is 1. The lowest BCUT2D eigenvalue weighted by Gasteiger charge is -2.11. The quantitative estimate of drug-likeness (QED) is 0.905. The Bertz CT molecular complexity index is 309. The first kappa shape index (κ1) is 11.4. The normalized spacial score (nSPS) is 12.6. The molecule has 0 aliphatic rings. The number of halogens is 2. The molecule has 5 heteroatoms. The van der Waals surface area contributed by atoms with Crippen molar-refractivity contribution in [2.45, 2.75) is 12.6 Å². The number of methoxy groups -OCH3 is 1. The summed E-state index contributed by atoms with van der Waals surface area (Å²) < 4.78 is 19.2. The van der Waals surface area contributed by atoms with E-state index in [1.54, 1.807) is 12.3 Å². The molecule has 1 rings (SSSR count). The van der Waals surface area contributed by atoms with Crippen LogP contribution in [0.5, 0.6) is 5.88 Å². The highest BCUT2D eigenvalue weighted by Crippen LogP contribution is 2.30. The van der Waals surface area contributed by atoms with Gasteiger partial charge in [-0.1, -0.05) is 0 Å². The van der Waals surface area contributed by atoms with Gasteiger partial charge in [0.15, 0.2) is 0 Å². The van der Waals surface area contributed by atoms with Gasteiger partial charge in [0.25, 0.3) is 0 Å². The molecule has 0 amide bonds. The number of ether oxygens (including phenoxy) is 1. The Labute approximate surface area is 90.6 Å². The topological polar surface area (TPSA) is 48.1 Å². The van der Waals surface area contributed by atoms with Crippen LogP contribution in [-0.4, -0.2) is 18.6 Å². The van der Waals surface area contributed by atoms with Gasteiger partial charge in [-0.25, -0.2) is 9.37 Å². The smallest absolute Gasteiger partial charge is 0.219 e. The predicted molar refractivity (Wildman–Crippen MR) is 56.0 cm³/mol. The van der Waals surface area contributed by atoms with Crippen LogP contribution < -0.4 is 10.5 Å². The zero-order valence-electron chi connectivity index (χ0n) is 7.84. The largest absolute Gasteiger partial charge is 0.481 e. The minimum absolute atomic E-state index is 0.272. The Morgan fingerprint density at radius 1 is 1.71 bits per heavy atom. The van der Waals surface area contributed by atoms with Crippen LogP contribution in [0, 0.1) is 0 Å². The van der Waals surface area contributed by atoms with Crippen molar-refractivity contribution in [2.24, 2.45) is 5.73 Å². The molecule has 0 aromatic carbocycles. The zero-order chi connectivity index (χ0) is 10.6. The fraction of sp³-hybridized carbons (Fsp3) is 0.444. The molecule has 0 aliphatic heterocycles. The second-order valence-electron chi connectivity index (χ2n) is 2.80. The summed E-state index contributed by atoms with van der Waals surface area (Å²) in [7, 11) is 1.47. The highest BCUT2D eigenvalue weighted by atomic mass is 79.9. The molecule has 1 atom stereocenters. The van der Waals surface area contributed by atoms with E-state index in [2.05, 4.69) is 20.9 Å². The minimum Gasteiger partial charge on any atom is -0.481 e. The molecule has 1 heterocycles. The van der Waals surface area contributed by atoms with E-state index in [1.807, 2.05) is 0 Å². The van der Waals surface area contributed by atoms with Crippen molar-refractivity contribution in [1.82, 2.24) is 4.98 Å². The first-order chi connectivity index (χ1) is 6.69. The lowest BCUT2D eigenvalue weighted by molar-refractivity contribution is 0.306. The van der Waals surface area contributed by atoms with Crippen molar-refractivity contribution in [3.63, 3.8) is 0 Å². The maximum absolute atomic E-state index is 13.5. The van der Waals surface area contributed by atoms with Gasteiger partial charge in [0.05, 0.1) is 7.11 Å². The minimum atomic E-state index is -1.13. The van der Waals surface area contributed by atoms with Gasteiger partial charge in [-0.2, -0.15) is 0 Å². The van der Waals surface area contributed by atoms with Gasteiger partial charge >= 0.3 is 0 Å². The Kier molecular flexibility index (Phi) is 4.28. The van der Waals surface area contributed by atoms with Crippen LogP contribution in [0.4, 0.5) is 4.39 Å². The highest BCUT2D eigenvalue weighted by molar-refractivity contribution is 9.10. The molecule has 0 saturated carbocycles. The Balaban J connectivity index is 2.97. The fourth-order valence-electron chi connectivity index (χ4n) is 1.14. The maximum atomic E-state index is 13.5. The molecule has 1 aromatic rings. The SMILES string of the molecule is COc1ncc(Br)cc1C(F)CCN. The first-order valence-corrected chi connectivity index (χ1v) is 5.02. The van der Waals surface area contributed by atoms with E-state index in [0.29, 0.717) is 18.0 Å². The van der Waals surface area contributed by atoms with E-state index in [4.69, 9.17) is 10.5 Å². The summed E-state index contributed by atoms with van der Waals surface area (Å²) in [5, 5.41) is 0. The molecule has 14 heavy (non-hydrogen) atoms. The lowest BCUT2D eigenvalue weighted by atomic mass is 10.1. The maximum Gasteiger partial charge on any atom is 0.219 e. The Hall–Kier alpha value is -0.680. The van der Waals surface area contributed by atoms with Crippen LogP contribution in [0.1, 0.15) is 18.2 Å². The number of aromatic nitrogens is 1. The third kappa shape index (κ3) is 2.65. The van der Waals surface area contributed by atoms with Crippen LogP contribution in [-0.2, 0) is 0 Å². The lowest BCUT2D eigenvalue weighted by Crippen LogP contribution is -2.05. The van der Waals surface area contributed by atoms with Crippen molar-refractivity contribution < 1.29 is 9.13 Å². The molecule has 0 radical (unpaired) electrons. The van der Waals surface area contributed by atoms with Crippen LogP contribution in [0.3, 0.4) is 0 Å². The van der Waals surface area contributed by atoms with Crippen molar-refractivity contribution in [1.29, 1.82) is 0 Å². The summed E-state index contributed by atoms with van der Waals surface area (Å²) in [6, 6.07) is 1.66. The molecule has 0 saturated heterocycles. The van der Waals surface area contributed by atoms with E-state index in [9.17, 15) is 4.39 Å². The van der Waals surface area contributed by atoms with Gasteiger partial charge in [-0.3, -0.25) is 0 Å². The third-order valence-electron chi connectivity index (χ3n) is 1.80. The zero-order valence-corrected chi connectivity index (χ0v) is 9.42. The second-order valence-corrected chi connectivity index (χ2v) is 3.71. The van der Waals surface area contributed by atoms with Gasteiger partial charge in [0.2, 0.25) is 5.88 Å². The van der Waals surface area contributed by atoms with E-state index >= 15 is 0 Å². The van der Waals surface area contributed by atoms with Crippen molar-refractivity contribution in [3.8, 4) is 5.88 Å². The Morgan fingerprint density at radius 2 is 2.43 bits per heavy atom. The predicted octanol–water partition coefficient (Wildman–Crippen LogP) is 2.21. The first-order valence-electron chi connectivity index (χ1n) is 4.22. The summed E-state index contributed by atoms with van der Waals surface area (Å²) in [4.78, 5) is 3.95. The average Bonchev–Trinajstić information content (AvgIpc) is 2.18. The molecule has 0 aliphatic carbocycles. The van der Waals surface area contributed by atoms with Gasteiger partial charge < -0.3 is 10.5 Å². The van der Waals surface area contributed by atoms with Crippen molar-refractivity contribution in [2.75, 3.05) is 13.7 Å². The summed E-state index contributed by atoms with van der Waals surface area (Å²) >= 11 is 3.23. The number of rotatable bonds is 4. The summed E-state index contributed by atoms with van der Waals surface area (Å²) in [6.45, 7) is 0.302. The highest BCUT2D eigenvalue weighted by Gasteiger charge is 2.15. The molecule has 0 bridgehead atoms. The monoisotopic (exact) mass is 262 g/mol. The molecule has 0 fully saturated rings. The number of nitrogens with two attached hydrogens (primary N) is 1. The van der Waals surface area contributed by atoms with E-state index < -0.39 is 6.17 Å². The molecule has 3 nitrogen and oxygen atoms in total. The van der Waals surface area contributed by atoms with E-state index in [-0.39, 0.29) is 6.42 Å². The van der Waals surface area contributed by atoms with Crippen LogP contribution >= 0.6 is 15.9 Å². The fourth-order valence-corrected chi connectivity index (χ4v) is 1.49. The second kappa shape index (κ2) is 5.26. The number of nitrogens with zero attached hydrogens (tertiary/aromatic N) is 1. The van der Waals surface area contributed by atoms with Crippen LogP contribution in [0.25, 0.3) is 0 Å². The molecular weight excluding hydrogens is 251 g/mol. The molecule has 1 aromatic heterocycles. The van der Waals surface area contributed by atoms with E-state index in [0.717, 1.165) is 4.47 Å². The van der Waals surface area contributed by atoms with Gasteiger partial charge in [-0.15, -0.1) is 0 Å². The number of pyridine rings is 1. The summed E-state index contributed by atoms with van der Waals surface area (Å²) in [6.07, 6.45) is 0.714. The molecule has 0 spiro atoms. The summed E-state index contributed by atoms with van der Waals surface area (Å²) in [5.74, 6) is 0.314. The average molecular weight is 263 g/mol. The van der Waals surface area contributed by atoms with Crippen LogP contribution in [0.2, 0.25) is 0 Å². The van der Waals surface area contributed by atoms with Gasteiger partial charge in [0.1, 0.15) is 6.17 Å². The molecule has 1 unspecified atom stereocenters. The molecular formula is C9H12BrFN2O. The van der Waals surface area contributed by atoms with Gasteiger partial charge in [-0.05, 0) is 35.0 Å². The summed E-state index contributed by atoms with van der Waals surface area (Å²) in [5.41, 5.74) is 5.72. The van der Waals surface area contributed by atoms with E-state index in [1.165, 1.54) is 7.11 Å². The number of alkyl halides is 1. The molecule has 78 valence electrons. The standard InChI is InChI=1S/C9H12BrFN2O/c1-14-9-7(8(11)2-3-12)4-6(10)5-13-9/h4-5,8H,2-3,12H2,1H3. The third-order valence-corrected chi connectivity index (χ3v) is 2.23. The molecule has 2 N–H and O–H groups in total. The Morgan fingerprint density at radius 3 is 3.00 bits per heavy atom. The van der Waals surface area contributed by atoms with Crippen molar-refractivity contribution >= 4 is 15.9 Å². The number of hydrogen-bond acceptors (Lipinski definition) is 3. The van der Waals surface area contributed by atoms with Crippen LogP contribution in [0.15, 0.2) is 16.7 Å².